The van der Waals surface area contributed by atoms with E-state index >= 15 is 0 Å². The Hall–Kier alpha value is -6.85. The SMILES string of the molecule is c1ccc(-c2ccc(-c3cccc4oc5cc(-c6nc(-c7ccccc7)nc(-c7ccc8c(c7)oc7ccccc78)n6)ccc5c34)cc2)cc1. The van der Waals surface area contributed by atoms with E-state index in [0.29, 0.717) is 17.5 Å². The summed E-state index contributed by atoms with van der Waals surface area (Å²) in [5, 5.41) is 4.27. The van der Waals surface area contributed by atoms with Crippen LogP contribution in [0.3, 0.4) is 0 Å². The lowest BCUT2D eigenvalue weighted by molar-refractivity contribution is 0.668. The monoisotopic (exact) mass is 641 g/mol. The summed E-state index contributed by atoms with van der Waals surface area (Å²) in [5.74, 6) is 1.74. The highest BCUT2D eigenvalue weighted by atomic mass is 16.3. The molecular weight excluding hydrogens is 615 g/mol. The van der Waals surface area contributed by atoms with E-state index in [1.165, 1.54) is 11.1 Å². The van der Waals surface area contributed by atoms with Gasteiger partial charge in [-0.1, -0.05) is 127 Å². The molecule has 0 saturated carbocycles. The molecule has 0 aliphatic carbocycles. The average molecular weight is 642 g/mol. The van der Waals surface area contributed by atoms with Gasteiger partial charge in [0.2, 0.25) is 0 Å². The molecule has 3 aromatic heterocycles. The molecule has 0 fully saturated rings. The van der Waals surface area contributed by atoms with Gasteiger partial charge in [0.05, 0.1) is 0 Å². The van der Waals surface area contributed by atoms with E-state index in [1.807, 2.05) is 72.8 Å². The maximum atomic E-state index is 6.49. The van der Waals surface area contributed by atoms with Crippen molar-refractivity contribution in [2.45, 2.75) is 0 Å². The number of nitrogens with zero attached hydrogens (tertiary/aromatic N) is 3. The van der Waals surface area contributed by atoms with Crippen molar-refractivity contribution in [1.82, 2.24) is 15.0 Å². The van der Waals surface area contributed by atoms with E-state index in [1.54, 1.807) is 0 Å². The molecule has 0 amide bonds. The second-order valence-electron chi connectivity index (χ2n) is 12.4. The largest absolute Gasteiger partial charge is 0.456 e. The molecule has 3 heterocycles. The van der Waals surface area contributed by atoms with Crippen molar-refractivity contribution in [3.63, 3.8) is 0 Å². The minimum absolute atomic E-state index is 0.567. The van der Waals surface area contributed by atoms with Gasteiger partial charge >= 0.3 is 0 Å². The van der Waals surface area contributed by atoms with Gasteiger partial charge in [0.25, 0.3) is 0 Å². The highest BCUT2D eigenvalue weighted by Gasteiger charge is 2.17. The Kier molecular flexibility index (Phi) is 6.42. The molecule has 50 heavy (non-hydrogen) atoms. The van der Waals surface area contributed by atoms with E-state index < -0.39 is 0 Å². The normalized spacial score (nSPS) is 11.6. The lowest BCUT2D eigenvalue weighted by Crippen LogP contribution is -2.00. The van der Waals surface area contributed by atoms with Crippen molar-refractivity contribution in [2.75, 3.05) is 0 Å². The first kappa shape index (κ1) is 28.2. The first-order valence-corrected chi connectivity index (χ1v) is 16.6. The summed E-state index contributed by atoms with van der Waals surface area (Å²) in [7, 11) is 0. The summed E-state index contributed by atoms with van der Waals surface area (Å²) in [4.78, 5) is 14.9. The number of benzene rings is 7. The van der Waals surface area contributed by atoms with Crippen LogP contribution in [-0.2, 0) is 0 Å². The molecular formula is C45H27N3O2. The number of rotatable bonds is 5. The van der Waals surface area contributed by atoms with E-state index in [-0.39, 0.29) is 0 Å². The Labute approximate surface area is 287 Å². The van der Waals surface area contributed by atoms with Crippen molar-refractivity contribution < 1.29 is 8.83 Å². The fraction of sp³-hybridized carbons (Fsp3) is 0. The molecule has 5 nitrogen and oxygen atoms in total. The number of hydrogen-bond donors (Lipinski definition) is 0. The first-order valence-electron chi connectivity index (χ1n) is 16.6. The second-order valence-corrected chi connectivity index (χ2v) is 12.4. The van der Waals surface area contributed by atoms with Gasteiger partial charge in [-0.25, -0.2) is 15.0 Å². The summed E-state index contributed by atoms with van der Waals surface area (Å²) >= 11 is 0. The van der Waals surface area contributed by atoms with E-state index in [9.17, 15) is 0 Å². The molecule has 0 atom stereocenters. The molecule has 0 saturated heterocycles. The molecule has 10 aromatic rings. The van der Waals surface area contributed by atoms with Gasteiger partial charge in [0, 0.05) is 38.2 Å². The Morgan fingerprint density at radius 1 is 0.300 bits per heavy atom. The third-order valence-corrected chi connectivity index (χ3v) is 9.36. The zero-order valence-electron chi connectivity index (χ0n) is 26.7. The van der Waals surface area contributed by atoms with Crippen LogP contribution in [0.25, 0.3) is 100 Å². The lowest BCUT2D eigenvalue weighted by Gasteiger charge is -2.09. The molecule has 0 spiro atoms. The molecule has 0 aliphatic rings. The van der Waals surface area contributed by atoms with Gasteiger partial charge in [-0.05, 0) is 58.7 Å². The molecule has 234 valence electrons. The summed E-state index contributed by atoms with van der Waals surface area (Å²) in [6, 6.07) is 55.9. The van der Waals surface area contributed by atoms with Crippen LogP contribution in [0.2, 0.25) is 0 Å². The number of para-hydroxylation sites is 1. The van der Waals surface area contributed by atoms with Crippen molar-refractivity contribution in [2.24, 2.45) is 0 Å². The zero-order chi connectivity index (χ0) is 33.0. The fourth-order valence-electron chi connectivity index (χ4n) is 6.89. The van der Waals surface area contributed by atoms with Crippen molar-refractivity contribution in [3.8, 4) is 56.4 Å². The average Bonchev–Trinajstić information content (AvgIpc) is 3.76. The van der Waals surface area contributed by atoms with E-state index in [0.717, 1.165) is 71.7 Å². The van der Waals surface area contributed by atoms with Crippen LogP contribution < -0.4 is 0 Å². The molecule has 0 bridgehead atoms. The van der Waals surface area contributed by atoms with Gasteiger partial charge in [0.1, 0.15) is 22.3 Å². The quantitative estimate of drug-likeness (QED) is 0.187. The van der Waals surface area contributed by atoms with Gasteiger partial charge in [-0.15, -0.1) is 0 Å². The summed E-state index contributed by atoms with van der Waals surface area (Å²) in [6.45, 7) is 0. The number of aromatic nitrogens is 3. The van der Waals surface area contributed by atoms with Crippen LogP contribution in [-0.4, -0.2) is 15.0 Å². The first-order chi connectivity index (χ1) is 24.7. The van der Waals surface area contributed by atoms with Crippen LogP contribution in [0.5, 0.6) is 0 Å². The summed E-state index contributed by atoms with van der Waals surface area (Å²) < 4.78 is 12.7. The van der Waals surface area contributed by atoms with E-state index in [4.69, 9.17) is 23.8 Å². The number of furan rings is 2. The van der Waals surface area contributed by atoms with Crippen molar-refractivity contribution >= 4 is 43.9 Å². The van der Waals surface area contributed by atoms with Gasteiger partial charge < -0.3 is 8.83 Å². The Morgan fingerprint density at radius 3 is 1.50 bits per heavy atom. The van der Waals surface area contributed by atoms with Crippen molar-refractivity contribution in [1.29, 1.82) is 0 Å². The zero-order valence-corrected chi connectivity index (χ0v) is 26.7. The predicted octanol–water partition coefficient (Wildman–Crippen LogP) is 12.0. The summed E-state index contributed by atoms with van der Waals surface area (Å²) in [6.07, 6.45) is 0. The molecule has 0 unspecified atom stereocenters. The van der Waals surface area contributed by atoms with E-state index in [2.05, 4.69) is 91.0 Å². The Morgan fingerprint density at radius 2 is 0.780 bits per heavy atom. The third-order valence-electron chi connectivity index (χ3n) is 9.36. The smallest absolute Gasteiger partial charge is 0.164 e. The van der Waals surface area contributed by atoms with Crippen LogP contribution >= 0.6 is 0 Å². The Balaban J connectivity index is 1.09. The summed E-state index contributed by atoms with van der Waals surface area (Å²) in [5.41, 5.74) is 10.5. The molecule has 7 aromatic carbocycles. The molecule has 10 rings (SSSR count). The third kappa shape index (κ3) is 4.75. The minimum Gasteiger partial charge on any atom is -0.456 e. The predicted molar refractivity (Wildman–Crippen MR) is 202 cm³/mol. The molecule has 0 aliphatic heterocycles. The highest BCUT2D eigenvalue weighted by Crippen LogP contribution is 2.39. The molecule has 0 N–H and O–H groups in total. The number of hydrogen-bond acceptors (Lipinski definition) is 5. The molecule has 0 radical (unpaired) electrons. The van der Waals surface area contributed by atoms with Gasteiger partial charge in [-0.2, -0.15) is 0 Å². The van der Waals surface area contributed by atoms with Crippen LogP contribution in [0.4, 0.5) is 0 Å². The van der Waals surface area contributed by atoms with Crippen LogP contribution in [0.15, 0.2) is 173 Å². The van der Waals surface area contributed by atoms with Crippen molar-refractivity contribution in [3.05, 3.63) is 164 Å². The van der Waals surface area contributed by atoms with Gasteiger partial charge in [0.15, 0.2) is 17.5 Å². The molecule has 5 heteroatoms. The highest BCUT2D eigenvalue weighted by molar-refractivity contribution is 6.13. The maximum Gasteiger partial charge on any atom is 0.164 e. The second kappa shape index (κ2) is 11.4. The number of fused-ring (bicyclic) bond motifs is 6. The topological polar surface area (TPSA) is 65.0 Å². The minimum atomic E-state index is 0.567. The fourth-order valence-corrected chi connectivity index (χ4v) is 6.89. The maximum absolute atomic E-state index is 6.49. The standard InChI is InChI=1S/C45H27N3O2/c1-3-10-28(11-4-1)29-18-20-30(21-19-29)34-15-9-17-39-42(34)37-25-23-33(27-41(37)50-39)45-47-43(31-12-5-2-6-13-31)46-44(48-45)32-22-24-36-35-14-7-8-16-38(35)49-40(36)26-32/h1-27H. The van der Waals surface area contributed by atoms with Gasteiger partial charge in [-0.3, -0.25) is 0 Å². The Bertz CT molecular complexity index is 2850. The van der Waals surface area contributed by atoms with Crippen LogP contribution in [0.1, 0.15) is 0 Å². The van der Waals surface area contributed by atoms with Crippen LogP contribution in [0, 0.1) is 0 Å². The lowest BCUT2D eigenvalue weighted by atomic mass is 9.96.